The summed E-state index contributed by atoms with van der Waals surface area (Å²) in [4.78, 5) is 10.3. The summed E-state index contributed by atoms with van der Waals surface area (Å²) in [7, 11) is 0. The van der Waals surface area contributed by atoms with Crippen molar-refractivity contribution in [1.82, 2.24) is 5.32 Å². The van der Waals surface area contributed by atoms with Gasteiger partial charge in [-0.3, -0.25) is 4.79 Å². The van der Waals surface area contributed by atoms with Gasteiger partial charge in [-0.1, -0.05) is 0 Å². The molecule has 1 amide bonds. The van der Waals surface area contributed by atoms with Crippen LogP contribution in [-0.4, -0.2) is 17.7 Å². The molecule has 1 aliphatic rings. The summed E-state index contributed by atoms with van der Waals surface area (Å²) in [5, 5.41) is 2.80. The molecule has 0 aromatic carbocycles. The van der Waals surface area contributed by atoms with Crippen molar-refractivity contribution in [2.75, 3.05) is 5.75 Å². The van der Waals surface area contributed by atoms with Crippen LogP contribution >= 0.6 is 12.6 Å². The van der Waals surface area contributed by atoms with E-state index in [0.29, 0.717) is 6.04 Å². The van der Waals surface area contributed by atoms with Crippen LogP contribution < -0.4 is 5.32 Å². The molecule has 0 spiro atoms. The molecule has 9 heavy (non-hydrogen) atoms. The predicted octanol–water partition coefficient (Wildman–Crippen LogP) is 0.585. The van der Waals surface area contributed by atoms with Crippen LogP contribution in [0, 0.1) is 0 Å². The van der Waals surface area contributed by atoms with Crippen LogP contribution in [0.3, 0.4) is 0 Å². The third-order valence-corrected chi connectivity index (χ3v) is 1.82. The zero-order valence-corrected chi connectivity index (χ0v) is 6.16. The van der Waals surface area contributed by atoms with Crippen molar-refractivity contribution < 1.29 is 4.79 Å². The van der Waals surface area contributed by atoms with Gasteiger partial charge in [-0.15, -0.1) is 0 Å². The first-order chi connectivity index (χ1) is 4.33. The number of β-lactam (4-membered cyclic amide) rings is 1. The lowest BCUT2D eigenvalue weighted by Gasteiger charge is -2.26. The molecule has 1 aliphatic heterocycles. The SMILES string of the molecule is O=C1C[C@H](CCCS)N1. The van der Waals surface area contributed by atoms with Gasteiger partial charge in [0.1, 0.15) is 0 Å². The van der Waals surface area contributed by atoms with Gasteiger partial charge in [0, 0.05) is 12.5 Å². The molecule has 1 heterocycles. The molecule has 0 aliphatic carbocycles. The van der Waals surface area contributed by atoms with Crippen molar-refractivity contribution in [2.24, 2.45) is 0 Å². The number of thiol groups is 1. The molecular weight excluding hydrogens is 134 g/mol. The van der Waals surface area contributed by atoms with E-state index in [1.54, 1.807) is 0 Å². The van der Waals surface area contributed by atoms with Crippen LogP contribution in [-0.2, 0) is 4.79 Å². The van der Waals surface area contributed by atoms with Crippen LogP contribution in [0.5, 0.6) is 0 Å². The molecule has 1 rings (SSSR count). The zero-order valence-electron chi connectivity index (χ0n) is 5.26. The van der Waals surface area contributed by atoms with E-state index in [1.165, 1.54) is 0 Å². The predicted molar refractivity (Wildman–Crippen MR) is 39.6 cm³/mol. The highest BCUT2D eigenvalue weighted by Crippen LogP contribution is 2.10. The number of nitrogens with one attached hydrogen (secondary N) is 1. The second kappa shape index (κ2) is 3.11. The van der Waals surface area contributed by atoms with Crippen molar-refractivity contribution in [1.29, 1.82) is 0 Å². The maximum absolute atomic E-state index is 10.3. The number of amides is 1. The minimum absolute atomic E-state index is 0.194. The topological polar surface area (TPSA) is 29.1 Å². The van der Waals surface area contributed by atoms with E-state index in [4.69, 9.17) is 0 Å². The normalized spacial score (nSPS) is 25.0. The number of rotatable bonds is 3. The molecule has 0 unspecified atom stereocenters. The van der Waals surface area contributed by atoms with E-state index in [-0.39, 0.29) is 5.91 Å². The lowest BCUT2D eigenvalue weighted by atomic mass is 10.0. The van der Waals surface area contributed by atoms with Crippen LogP contribution in [0.15, 0.2) is 0 Å². The highest BCUT2D eigenvalue weighted by molar-refractivity contribution is 7.80. The zero-order chi connectivity index (χ0) is 6.69. The molecule has 1 N–H and O–H groups in total. The third kappa shape index (κ3) is 1.90. The summed E-state index contributed by atoms with van der Waals surface area (Å²) in [6.07, 6.45) is 2.93. The Labute approximate surface area is 60.4 Å². The fourth-order valence-electron chi connectivity index (χ4n) is 0.942. The second-order valence-electron chi connectivity index (χ2n) is 2.33. The molecule has 2 nitrogen and oxygen atoms in total. The number of carbonyl (C=O) groups excluding carboxylic acids is 1. The molecule has 1 fully saturated rings. The molecule has 1 atom stereocenters. The molecular formula is C6H11NOS. The van der Waals surface area contributed by atoms with Crippen molar-refractivity contribution in [3.8, 4) is 0 Å². The maximum Gasteiger partial charge on any atom is 0.222 e. The molecule has 0 aromatic rings. The smallest absolute Gasteiger partial charge is 0.222 e. The summed E-state index contributed by atoms with van der Waals surface area (Å²) in [5.41, 5.74) is 0. The van der Waals surface area contributed by atoms with Crippen LogP contribution in [0.4, 0.5) is 0 Å². The lowest BCUT2D eigenvalue weighted by molar-refractivity contribution is -0.128. The van der Waals surface area contributed by atoms with Crippen LogP contribution in [0.2, 0.25) is 0 Å². The number of hydrogen-bond acceptors (Lipinski definition) is 2. The van der Waals surface area contributed by atoms with Crippen molar-refractivity contribution in [2.45, 2.75) is 25.3 Å². The van der Waals surface area contributed by atoms with Crippen LogP contribution in [0.25, 0.3) is 0 Å². The largest absolute Gasteiger partial charge is 0.353 e. The first kappa shape index (κ1) is 6.93. The third-order valence-electron chi connectivity index (χ3n) is 1.51. The first-order valence-corrected chi connectivity index (χ1v) is 3.86. The Morgan fingerprint density at radius 3 is 2.89 bits per heavy atom. The van der Waals surface area contributed by atoms with Gasteiger partial charge in [-0.25, -0.2) is 0 Å². The Bertz CT molecular complexity index is 108. The second-order valence-corrected chi connectivity index (χ2v) is 2.78. The average Bonchev–Trinajstić information content (AvgIpc) is 1.78. The van der Waals surface area contributed by atoms with Crippen molar-refractivity contribution in [3.63, 3.8) is 0 Å². The highest BCUT2D eigenvalue weighted by atomic mass is 32.1. The number of carbonyl (C=O) groups is 1. The van der Waals surface area contributed by atoms with Gasteiger partial charge in [-0.05, 0) is 18.6 Å². The molecule has 1 saturated heterocycles. The Kier molecular flexibility index (Phi) is 2.39. The van der Waals surface area contributed by atoms with Crippen LogP contribution in [0.1, 0.15) is 19.3 Å². The maximum atomic E-state index is 10.3. The monoisotopic (exact) mass is 145 g/mol. The van der Waals surface area contributed by atoms with Gasteiger partial charge in [0.25, 0.3) is 0 Å². The Morgan fingerprint density at radius 1 is 1.78 bits per heavy atom. The highest BCUT2D eigenvalue weighted by Gasteiger charge is 2.23. The van der Waals surface area contributed by atoms with Gasteiger partial charge in [0.2, 0.25) is 5.91 Å². The molecule has 52 valence electrons. The van der Waals surface area contributed by atoms with E-state index < -0.39 is 0 Å². The van der Waals surface area contributed by atoms with Gasteiger partial charge in [0.15, 0.2) is 0 Å². The standard InChI is InChI=1S/C6H11NOS/c8-6-4-5(7-6)2-1-3-9/h5,9H,1-4H2,(H,7,8)/t5-/m0/s1. The van der Waals surface area contributed by atoms with E-state index >= 15 is 0 Å². The lowest BCUT2D eigenvalue weighted by Crippen LogP contribution is -2.48. The fourth-order valence-corrected chi connectivity index (χ4v) is 1.12. The van der Waals surface area contributed by atoms with E-state index in [2.05, 4.69) is 17.9 Å². The summed E-state index contributed by atoms with van der Waals surface area (Å²) in [6, 6.07) is 0.463. The van der Waals surface area contributed by atoms with Gasteiger partial charge in [-0.2, -0.15) is 12.6 Å². The Morgan fingerprint density at radius 2 is 2.44 bits per heavy atom. The summed E-state index contributed by atoms with van der Waals surface area (Å²) < 4.78 is 0. The van der Waals surface area contributed by atoms with Gasteiger partial charge in [0.05, 0.1) is 0 Å². The summed E-state index contributed by atoms with van der Waals surface area (Å²) >= 11 is 4.07. The van der Waals surface area contributed by atoms with Gasteiger partial charge >= 0.3 is 0 Å². The van der Waals surface area contributed by atoms with E-state index in [9.17, 15) is 4.79 Å². The minimum atomic E-state index is 0.194. The summed E-state index contributed by atoms with van der Waals surface area (Å²) in [6.45, 7) is 0. The minimum Gasteiger partial charge on any atom is -0.353 e. The van der Waals surface area contributed by atoms with Crippen molar-refractivity contribution >= 4 is 18.5 Å². The fraction of sp³-hybridized carbons (Fsp3) is 0.833. The van der Waals surface area contributed by atoms with Gasteiger partial charge < -0.3 is 5.32 Å². The molecule has 0 aromatic heterocycles. The quantitative estimate of drug-likeness (QED) is 0.441. The van der Waals surface area contributed by atoms with E-state index in [0.717, 1.165) is 25.0 Å². The number of hydrogen-bond donors (Lipinski definition) is 2. The summed E-state index contributed by atoms with van der Waals surface area (Å²) in [5.74, 6) is 1.12. The molecule has 0 radical (unpaired) electrons. The molecule has 0 saturated carbocycles. The van der Waals surface area contributed by atoms with E-state index in [1.807, 2.05) is 0 Å². The Hall–Kier alpha value is -0.180. The molecule has 3 heteroatoms. The Balaban J connectivity index is 1.97. The average molecular weight is 145 g/mol. The molecule has 0 bridgehead atoms. The van der Waals surface area contributed by atoms with Crippen molar-refractivity contribution in [3.05, 3.63) is 0 Å². The first-order valence-electron chi connectivity index (χ1n) is 3.23.